The average molecular weight is 302 g/mol. The van der Waals surface area contributed by atoms with Crippen molar-refractivity contribution in [1.82, 2.24) is 0 Å². The van der Waals surface area contributed by atoms with Gasteiger partial charge in [0, 0.05) is 6.92 Å². The van der Waals surface area contributed by atoms with Crippen LogP contribution in [-0.2, 0) is 14.3 Å². The van der Waals surface area contributed by atoms with Gasteiger partial charge >= 0.3 is 5.97 Å². The van der Waals surface area contributed by atoms with Gasteiger partial charge in [0.2, 0.25) is 0 Å². The number of alkyl halides is 1. The van der Waals surface area contributed by atoms with Gasteiger partial charge in [-0.2, -0.15) is 0 Å². The van der Waals surface area contributed by atoms with E-state index in [1.807, 2.05) is 22.6 Å². The zero-order valence-corrected chi connectivity index (χ0v) is 9.17. The second kappa shape index (κ2) is 4.54. The van der Waals surface area contributed by atoms with E-state index in [-0.39, 0.29) is 6.61 Å². The Morgan fingerprint density at radius 3 is 2.77 bits per heavy atom. The SMILES string of the molecule is CC(=O)O[C@@H]1CO[C@H](O)[C@@H](I)[C@@H]1O. The molecular formula is C7H11IO5. The van der Waals surface area contributed by atoms with Gasteiger partial charge in [-0.15, -0.1) is 0 Å². The predicted molar refractivity (Wildman–Crippen MR) is 51.3 cm³/mol. The predicted octanol–water partition coefficient (Wildman–Crippen LogP) is -0.569. The van der Waals surface area contributed by atoms with Crippen molar-refractivity contribution in [2.45, 2.75) is 29.3 Å². The van der Waals surface area contributed by atoms with Gasteiger partial charge in [-0.1, -0.05) is 22.6 Å². The number of carbonyl (C=O) groups excluding carboxylic acids is 1. The summed E-state index contributed by atoms with van der Waals surface area (Å²) in [6.07, 6.45) is -2.56. The van der Waals surface area contributed by atoms with E-state index in [0.717, 1.165) is 0 Å². The normalized spacial score (nSPS) is 40.0. The van der Waals surface area contributed by atoms with Crippen LogP contribution in [0.15, 0.2) is 0 Å². The largest absolute Gasteiger partial charge is 0.457 e. The smallest absolute Gasteiger partial charge is 0.303 e. The molecule has 2 N–H and O–H groups in total. The molecule has 5 nitrogen and oxygen atoms in total. The van der Waals surface area contributed by atoms with E-state index >= 15 is 0 Å². The molecule has 1 fully saturated rings. The standard InChI is InChI=1S/C7H11IO5/c1-3(9)13-4-2-12-7(11)5(8)6(4)10/h4-7,10-11H,2H2,1H3/t4-,5+,6-,7+/m1/s1. The Labute approximate surface area is 89.2 Å². The molecule has 0 aromatic rings. The Bertz CT molecular complexity index is 197. The molecule has 0 unspecified atom stereocenters. The molecule has 0 bridgehead atoms. The lowest BCUT2D eigenvalue weighted by Gasteiger charge is -2.34. The van der Waals surface area contributed by atoms with Gasteiger partial charge in [0.25, 0.3) is 0 Å². The van der Waals surface area contributed by atoms with Crippen LogP contribution in [-0.4, -0.2) is 45.2 Å². The van der Waals surface area contributed by atoms with Crippen LogP contribution in [0, 0.1) is 0 Å². The third-order valence-corrected chi connectivity index (χ3v) is 3.08. The summed E-state index contributed by atoms with van der Waals surface area (Å²) in [6, 6.07) is 0. The fourth-order valence-electron chi connectivity index (χ4n) is 1.07. The maximum atomic E-state index is 10.6. The van der Waals surface area contributed by atoms with Crippen molar-refractivity contribution in [2.75, 3.05) is 6.61 Å². The summed E-state index contributed by atoms with van der Waals surface area (Å²) in [7, 11) is 0. The molecule has 0 aromatic carbocycles. The highest BCUT2D eigenvalue weighted by Crippen LogP contribution is 2.22. The van der Waals surface area contributed by atoms with Crippen molar-refractivity contribution in [3.05, 3.63) is 0 Å². The monoisotopic (exact) mass is 302 g/mol. The lowest BCUT2D eigenvalue weighted by atomic mass is 10.1. The van der Waals surface area contributed by atoms with Crippen molar-refractivity contribution >= 4 is 28.6 Å². The fourth-order valence-corrected chi connectivity index (χ4v) is 1.75. The fraction of sp³-hybridized carbons (Fsp3) is 0.857. The molecule has 13 heavy (non-hydrogen) atoms. The summed E-state index contributed by atoms with van der Waals surface area (Å²) in [5.41, 5.74) is 0. The molecule has 0 aromatic heterocycles. The molecular weight excluding hydrogens is 291 g/mol. The lowest BCUT2D eigenvalue weighted by Crippen LogP contribution is -2.51. The first kappa shape index (κ1) is 11.2. The van der Waals surface area contributed by atoms with Gasteiger partial charge < -0.3 is 19.7 Å². The van der Waals surface area contributed by atoms with Crippen LogP contribution >= 0.6 is 22.6 Å². The molecule has 0 aliphatic carbocycles. The molecule has 4 atom stereocenters. The number of aliphatic hydroxyl groups excluding tert-OH is 2. The number of esters is 1. The second-order valence-electron chi connectivity index (χ2n) is 2.81. The van der Waals surface area contributed by atoms with E-state index in [1.54, 1.807) is 0 Å². The number of carbonyl (C=O) groups is 1. The molecule has 6 heteroatoms. The minimum Gasteiger partial charge on any atom is -0.457 e. The van der Waals surface area contributed by atoms with Gasteiger partial charge in [0.15, 0.2) is 12.4 Å². The van der Waals surface area contributed by atoms with Crippen molar-refractivity contribution < 1.29 is 24.5 Å². The number of halogens is 1. The first-order chi connectivity index (χ1) is 6.02. The van der Waals surface area contributed by atoms with E-state index in [1.165, 1.54) is 6.92 Å². The summed E-state index contributed by atoms with van der Waals surface area (Å²) < 4.78 is 9.20. The van der Waals surface area contributed by atoms with E-state index < -0.39 is 28.4 Å². The van der Waals surface area contributed by atoms with Crippen LogP contribution < -0.4 is 0 Å². The Morgan fingerprint density at radius 2 is 2.23 bits per heavy atom. The molecule has 0 radical (unpaired) electrons. The molecule has 1 aliphatic rings. The third-order valence-electron chi connectivity index (χ3n) is 1.73. The molecule has 1 aliphatic heterocycles. The number of ether oxygens (including phenoxy) is 2. The summed E-state index contributed by atoms with van der Waals surface area (Å²) in [4.78, 5) is 10.6. The summed E-state index contributed by atoms with van der Waals surface area (Å²) >= 11 is 1.85. The van der Waals surface area contributed by atoms with Gasteiger partial charge in [-0.05, 0) is 0 Å². The van der Waals surface area contributed by atoms with Crippen LogP contribution in [0.1, 0.15) is 6.92 Å². The quantitative estimate of drug-likeness (QED) is 0.385. The maximum Gasteiger partial charge on any atom is 0.303 e. The van der Waals surface area contributed by atoms with Crippen LogP contribution in [0.25, 0.3) is 0 Å². The topological polar surface area (TPSA) is 76.0 Å². The Balaban J connectivity index is 2.53. The molecule has 1 saturated heterocycles. The third kappa shape index (κ3) is 2.76. The number of hydrogen-bond donors (Lipinski definition) is 2. The van der Waals surface area contributed by atoms with Crippen LogP contribution in [0.4, 0.5) is 0 Å². The van der Waals surface area contributed by atoms with E-state index in [9.17, 15) is 9.90 Å². The van der Waals surface area contributed by atoms with E-state index in [0.29, 0.717) is 0 Å². The molecule has 1 rings (SSSR count). The Morgan fingerprint density at radius 1 is 1.62 bits per heavy atom. The minimum absolute atomic E-state index is 0.0292. The van der Waals surface area contributed by atoms with Crippen molar-refractivity contribution in [2.24, 2.45) is 0 Å². The minimum atomic E-state index is -0.998. The van der Waals surface area contributed by atoms with Crippen LogP contribution in [0.5, 0.6) is 0 Å². The highest BCUT2D eigenvalue weighted by Gasteiger charge is 2.38. The van der Waals surface area contributed by atoms with Crippen LogP contribution in [0.3, 0.4) is 0 Å². The Kier molecular flexibility index (Phi) is 3.89. The van der Waals surface area contributed by atoms with Crippen molar-refractivity contribution in [3.8, 4) is 0 Å². The lowest BCUT2D eigenvalue weighted by molar-refractivity contribution is -0.201. The molecule has 0 spiro atoms. The summed E-state index contributed by atoms with van der Waals surface area (Å²) in [6.45, 7) is 1.29. The van der Waals surface area contributed by atoms with Crippen LogP contribution in [0.2, 0.25) is 0 Å². The molecule has 1 heterocycles. The van der Waals surface area contributed by atoms with Gasteiger partial charge in [-0.3, -0.25) is 4.79 Å². The highest BCUT2D eigenvalue weighted by atomic mass is 127. The van der Waals surface area contributed by atoms with E-state index in [4.69, 9.17) is 14.6 Å². The number of rotatable bonds is 1. The van der Waals surface area contributed by atoms with Crippen molar-refractivity contribution in [1.29, 1.82) is 0 Å². The Hall–Kier alpha value is 0.0800. The first-order valence-corrected chi connectivity index (χ1v) is 5.06. The summed E-state index contributed by atoms with van der Waals surface area (Å²) in [5.74, 6) is -0.465. The molecule has 0 saturated carbocycles. The average Bonchev–Trinajstić information content (AvgIpc) is 2.06. The van der Waals surface area contributed by atoms with Crippen molar-refractivity contribution in [3.63, 3.8) is 0 Å². The van der Waals surface area contributed by atoms with Gasteiger partial charge in [0.1, 0.15) is 6.10 Å². The van der Waals surface area contributed by atoms with Gasteiger partial charge in [0.05, 0.1) is 10.5 Å². The van der Waals surface area contributed by atoms with Gasteiger partial charge in [-0.25, -0.2) is 0 Å². The summed E-state index contributed by atoms with van der Waals surface area (Å²) in [5, 5.41) is 18.7. The van der Waals surface area contributed by atoms with E-state index in [2.05, 4.69) is 0 Å². The second-order valence-corrected chi connectivity index (χ2v) is 4.25. The number of hydrogen-bond acceptors (Lipinski definition) is 5. The highest BCUT2D eigenvalue weighted by molar-refractivity contribution is 14.1. The first-order valence-electron chi connectivity index (χ1n) is 3.81. The zero-order valence-electron chi connectivity index (χ0n) is 7.01. The molecule has 76 valence electrons. The molecule has 0 amide bonds. The maximum absolute atomic E-state index is 10.6. The zero-order chi connectivity index (χ0) is 10.0. The number of aliphatic hydroxyl groups is 2.